The molecule has 1 aromatic heterocycles. The summed E-state index contributed by atoms with van der Waals surface area (Å²) in [6.45, 7) is 8.16. The Morgan fingerprint density at radius 2 is 2.18 bits per heavy atom. The maximum atomic E-state index is 5.86. The van der Waals surface area contributed by atoms with Gasteiger partial charge in [0.15, 0.2) is 5.96 Å². The summed E-state index contributed by atoms with van der Waals surface area (Å²) >= 11 is 0. The van der Waals surface area contributed by atoms with Crippen LogP contribution in [-0.4, -0.2) is 55.2 Å². The first kappa shape index (κ1) is 19.1. The van der Waals surface area contributed by atoms with E-state index in [4.69, 9.17) is 10.5 Å². The Balaban J connectivity index is 0.00000242. The van der Waals surface area contributed by atoms with Crippen LogP contribution in [0.25, 0.3) is 0 Å². The van der Waals surface area contributed by atoms with Crippen molar-refractivity contribution in [3.8, 4) is 0 Å². The quantitative estimate of drug-likeness (QED) is 0.313. The van der Waals surface area contributed by atoms with Crippen molar-refractivity contribution in [3.05, 3.63) is 29.6 Å². The summed E-state index contributed by atoms with van der Waals surface area (Å²) < 4.78 is 5.32. The zero-order chi connectivity index (χ0) is 14.9. The van der Waals surface area contributed by atoms with E-state index in [9.17, 15) is 0 Å². The van der Waals surface area contributed by atoms with Crippen molar-refractivity contribution >= 4 is 29.9 Å². The molecule has 1 fully saturated rings. The van der Waals surface area contributed by atoms with Gasteiger partial charge in [0, 0.05) is 25.3 Å². The number of halogens is 1. The SMILES string of the molecule is Cc1cccc(CN=C(N)NCCCN2CCOCC2)n1.I. The highest BCUT2D eigenvalue weighted by molar-refractivity contribution is 14.0. The van der Waals surface area contributed by atoms with Gasteiger partial charge in [0.1, 0.15) is 0 Å². The molecule has 6 nitrogen and oxygen atoms in total. The maximum Gasteiger partial charge on any atom is 0.188 e. The molecular formula is C15H26IN5O. The number of aryl methyl sites for hydroxylation is 1. The first-order valence-corrected chi connectivity index (χ1v) is 7.50. The van der Waals surface area contributed by atoms with Gasteiger partial charge in [-0.3, -0.25) is 9.88 Å². The fourth-order valence-electron chi connectivity index (χ4n) is 2.25. The van der Waals surface area contributed by atoms with Gasteiger partial charge in [-0.05, 0) is 32.0 Å². The number of morpholine rings is 1. The standard InChI is InChI=1S/C15H25N5O.HI/c1-13-4-2-5-14(19-13)12-18-15(16)17-6-3-7-20-8-10-21-11-9-20;/h2,4-5H,3,6-12H2,1H3,(H3,16,17,18);1H. The first-order chi connectivity index (χ1) is 10.2. The van der Waals surface area contributed by atoms with Gasteiger partial charge < -0.3 is 15.8 Å². The van der Waals surface area contributed by atoms with Crippen LogP contribution in [0.5, 0.6) is 0 Å². The number of pyridine rings is 1. The van der Waals surface area contributed by atoms with Crippen molar-refractivity contribution in [2.24, 2.45) is 10.7 Å². The molecule has 22 heavy (non-hydrogen) atoms. The molecule has 0 saturated carbocycles. The Morgan fingerprint density at radius 3 is 2.91 bits per heavy atom. The van der Waals surface area contributed by atoms with Gasteiger partial charge in [-0.1, -0.05) is 6.07 Å². The number of aromatic nitrogens is 1. The second-order valence-electron chi connectivity index (χ2n) is 5.21. The fraction of sp³-hybridized carbons (Fsp3) is 0.600. The Hall–Kier alpha value is -0.930. The third kappa shape index (κ3) is 7.37. The number of nitrogens with zero attached hydrogens (tertiary/aromatic N) is 3. The molecule has 2 rings (SSSR count). The summed E-state index contributed by atoms with van der Waals surface area (Å²) in [5.74, 6) is 0.486. The minimum absolute atomic E-state index is 0. The molecule has 3 N–H and O–H groups in total. The summed E-state index contributed by atoms with van der Waals surface area (Å²) in [4.78, 5) is 11.1. The van der Waals surface area contributed by atoms with Crippen LogP contribution in [0, 0.1) is 6.92 Å². The third-order valence-electron chi connectivity index (χ3n) is 3.42. The Morgan fingerprint density at radius 1 is 1.41 bits per heavy atom. The highest BCUT2D eigenvalue weighted by Gasteiger charge is 2.08. The highest BCUT2D eigenvalue weighted by atomic mass is 127. The third-order valence-corrected chi connectivity index (χ3v) is 3.42. The molecule has 1 aliphatic rings. The second kappa shape index (κ2) is 10.7. The molecule has 0 spiro atoms. The van der Waals surface area contributed by atoms with E-state index in [1.54, 1.807) is 0 Å². The van der Waals surface area contributed by atoms with Gasteiger partial charge >= 0.3 is 0 Å². The lowest BCUT2D eigenvalue weighted by Crippen LogP contribution is -2.39. The summed E-state index contributed by atoms with van der Waals surface area (Å²) in [5.41, 5.74) is 7.79. The highest BCUT2D eigenvalue weighted by Crippen LogP contribution is 1.99. The van der Waals surface area contributed by atoms with E-state index in [0.29, 0.717) is 12.5 Å². The number of nitrogens with two attached hydrogens (primary N) is 1. The summed E-state index contributed by atoms with van der Waals surface area (Å²) in [6, 6.07) is 5.92. The molecule has 2 heterocycles. The normalized spacial score (nSPS) is 16.1. The van der Waals surface area contributed by atoms with E-state index in [2.05, 4.69) is 20.2 Å². The van der Waals surface area contributed by atoms with Crippen molar-refractivity contribution < 1.29 is 4.74 Å². The molecule has 0 radical (unpaired) electrons. The van der Waals surface area contributed by atoms with Crippen molar-refractivity contribution in [2.45, 2.75) is 19.9 Å². The largest absolute Gasteiger partial charge is 0.379 e. The number of aliphatic imine (C=N–C) groups is 1. The molecule has 0 atom stereocenters. The Labute approximate surface area is 149 Å². The van der Waals surface area contributed by atoms with Crippen LogP contribution in [0.15, 0.2) is 23.2 Å². The van der Waals surface area contributed by atoms with Crippen molar-refractivity contribution in [2.75, 3.05) is 39.4 Å². The fourth-order valence-corrected chi connectivity index (χ4v) is 2.25. The van der Waals surface area contributed by atoms with E-state index in [-0.39, 0.29) is 24.0 Å². The average Bonchev–Trinajstić information content (AvgIpc) is 2.51. The van der Waals surface area contributed by atoms with Crippen molar-refractivity contribution in [1.29, 1.82) is 0 Å². The molecule has 1 saturated heterocycles. The molecule has 0 aliphatic carbocycles. The van der Waals surface area contributed by atoms with Crippen LogP contribution in [0.2, 0.25) is 0 Å². The van der Waals surface area contributed by atoms with Crippen LogP contribution < -0.4 is 11.1 Å². The zero-order valence-electron chi connectivity index (χ0n) is 13.1. The summed E-state index contributed by atoms with van der Waals surface area (Å²) in [6.07, 6.45) is 1.05. The smallest absolute Gasteiger partial charge is 0.188 e. The maximum absolute atomic E-state index is 5.86. The van der Waals surface area contributed by atoms with Crippen LogP contribution in [0.1, 0.15) is 17.8 Å². The predicted octanol–water partition coefficient (Wildman–Crippen LogP) is 1.13. The minimum atomic E-state index is 0. The molecule has 1 aliphatic heterocycles. The van der Waals surface area contributed by atoms with Crippen molar-refractivity contribution in [1.82, 2.24) is 15.2 Å². The lowest BCUT2D eigenvalue weighted by molar-refractivity contribution is 0.0376. The van der Waals surface area contributed by atoms with E-state index in [1.165, 1.54) is 0 Å². The minimum Gasteiger partial charge on any atom is -0.379 e. The van der Waals surface area contributed by atoms with Gasteiger partial charge in [-0.25, -0.2) is 4.99 Å². The lowest BCUT2D eigenvalue weighted by atomic mass is 10.3. The molecule has 7 heteroatoms. The molecular weight excluding hydrogens is 393 g/mol. The van der Waals surface area contributed by atoms with Gasteiger partial charge in [-0.2, -0.15) is 0 Å². The number of hydrogen-bond acceptors (Lipinski definition) is 4. The van der Waals surface area contributed by atoms with E-state index >= 15 is 0 Å². The molecule has 124 valence electrons. The molecule has 0 amide bonds. The van der Waals surface area contributed by atoms with Gasteiger partial charge in [-0.15, -0.1) is 24.0 Å². The topological polar surface area (TPSA) is 75.8 Å². The van der Waals surface area contributed by atoms with Crippen LogP contribution in [0.4, 0.5) is 0 Å². The van der Waals surface area contributed by atoms with Crippen LogP contribution >= 0.6 is 24.0 Å². The monoisotopic (exact) mass is 419 g/mol. The molecule has 1 aromatic rings. The number of guanidine groups is 1. The summed E-state index contributed by atoms with van der Waals surface area (Å²) in [5, 5.41) is 3.15. The van der Waals surface area contributed by atoms with Crippen molar-refractivity contribution in [3.63, 3.8) is 0 Å². The van der Waals surface area contributed by atoms with Gasteiger partial charge in [0.25, 0.3) is 0 Å². The average molecular weight is 419 g/mol. The number of ether oxygens (including phenoxy) is 1. The van der Waals surface area contributed by atoms with E-state index in [0.717, 1.165) is 57.2 Å². The van der Waals surface area contributed by atoms with Crippen LogP contribution in [-0.2, 0) is 11.3 Å². The van der Waals surface area contributed by atoms with Crippen LogP contribution in [0.3, 0.4) is 0 Å². The zero-order valence-corrected chi connectivity index (χ0v) is 15.5. The van der Waals surface area contributed by atoms with Gasteiger partial charge in [0.2, 0.25) is 0 Å². The Bertz CT molecular complexity index is 463. The number of rotatable bonds is 6. The molecule has 0 unspecified atom stereocenters. The Kier molecular flexibility index (Phi) is 9.33. The molecule has 0 aromatic carbocycles. The van der Waals surface area contributed by atoms with E-state index in [1.807, 2.05) is 25.1 Å². The lowest BCUT2D eigenvalue weighted by Gasteiger charge is -2.26. The number of hydrogen-bond donors (Lipinski definition) is 2. The van der Waals surface area contributed by atoms with Gasteiger partial charge in [0.05, 0.1) is 25.5 Å². The predicted molar refractivity (Wildman–Crippen MR) is 99.6 cm³/mol. The number of nitrogens with one attached hydrogen (secondary N) is 1. The molecule has 0 bridgehead atoms. The first-order valence-electron chi connectivity index (χ1n) is 7.50. The van der Waals surface area contributed by atoms with E-state index < -0.39 is 0 Å². The second-order valence-corrected chi connectivity index (χ2v) is 5.21. The summed E-state index contributed by atoms with van der Waals surface area (Å²) in [7, 11) is 0.